The van der Waals surface area contributed by atoms with Crippen LogP contribution in [0.4, 0.5) is 20.2 Å². The molecule has 182 valence electrons. The summed E-state index contributed by atoms with van der Waals surface area (Å²) in [5, 5.41) is 2.81. The molecule has 0 unspecified atom stereocenters. The Morgan fingerprint density at radius 2 is 1.85 bits per heavy atom. The lowest BCUT2D eigenvalue weighted by Gasteiger charge is -2.40. The van der Waals surface area contributed by atoms with Gasteiger partial charge in [-0.3, -0.25) is 14.5 Å². The number of benzene rings is 1. The second-order valence-electron chi connectivity index (χ2n) is 9.46. The molecule has 33 heavy (non-hydrogen) atoms. The first kappa shape index (κ1) is 24.0. The number of halogens is 2. The van der Waals surface area contributed by atoms with Crippen molar-refractivity contribution in [3.8, 4) is 0 Å². The molecular formula is C24H34F2N4O3. The normalized spacial score (nSPS) is 20.6. The number of rotatable bonds is 10. The van der Waals surface area contributed by atoms with Crippen LogP contribution in [0.5, 0.6) is 0 Å². The summed E-state index contributed by atoms with van der Waals surface area (Å²) in [6.45, 7) is 2.27. The second kappa shape index (κ2) is 10.9. The highest BCUT2D eigenvalue weighted by Gasteiger charge is 2.32. The molecule has 0 radical (unpaired) electrons. The first-order chi connectivity index (χ1) is 16.0. The van der Waals surface area contributed by atoms with Crippen molar-refractivity contribution in [1.29, 1.82) is 0 Å². The van der Waals surface area contributed by atoms with Gasteiger partial charge in [0.15, 0.2) is 0 Å². The molecule has 2 aliphatic carbocycles. The van der Waals surface area contributed by atoms with Crippen LogP contribution in [0.25, 0.3) is 0 Å². The van der Waals surface area contributed by atoms with Gasteiger partial charge in [0, 0.05) is 37.4 Å². The summed E-state index contributed by atoms with van der Waals surface area (Å²) in [6.07, 6.45) is 4.40. The highest BCUT2D eigenvalue weighted by atomic mass is 19.3. The smallest absolute Gasteiger partial charge is 0.265 e. The van der Waals surface area contributed by atoms with Crippen LogP contribution in [0.15, 0.2) is 18.2 Å². The molecule has 7 nitrogen and oxygen atoms in total. The molecule has 0 spiro atoms. The lowest BCUT2D eigenvalue weighted by atomic mass is 9.82. The van der Waals surface area contributed by atoms with Crippen molar-refractivity contribution < 1.29 is 23.1 Å². The van der Waals surface area contributed by atoms with Crippen LogP contribution in [0, 0.1) is 11.8 Å². The molecule has 3 aliphatic rings. The first-order valence-electron chi connectivity index (χ1n) is 12.0. The van der Waals surface area contributed by atoms with Gasteiger partial charge in [-0.2, -0.15) is 0 Å². The molecule has 1 saturated heterocycles. The topological polar surface area (TPSA) is 87.9 Å². The van der Waals surface area contributed by atoms with E-state index < -0.39 is 12.5 Å². The number of alkyl halides is 2. The van der Waals surface area contributed by atoms with Crippen LogP contribution < -0.4 is 16.0 Å². The van der Waals surface area contributed by atoms with Gasteiger partial charge in [-0.1, -0.05) is 12.8 Å². The monoisotopic (exact) mass is 464 g/mol. The molecule has 9 heteroatoms. The number of carbonyl (C=O) groups is 2. The number of carbonyl (C=O) groups excluding carboxylic acids is 2. The van der Waals surface area contributed by atoms with Crippen LogP contribution in [0.1, 0.15) is 50.5 Å². The van der Waals surface area contributed by atoms with Gasteiger partial charge < -0.3 is 20.7 Å². The highest BCUT2D eigenvalue weighted by molar-refractivity contribution is 5.97. The van der Waals surface area contributed by atoms with E-state index in [1.807, 2.05) is 0 Å². The van der Waals surface area contributed by atoms with E-state index in [1.165, 1.54) is 55.6 Å². The summed E-state index contributed by atoms with van der Waals surface area (Å²) in [5.41, 5.74) is 6.19. The Morgan fingerprint density at radius 1 is 1.18 bits per heavy atom. The van der Waals surface area contributed by atoms with Crippen LogP contribution in [-0.4, -0.2) is 62.1 Å². The summed E-state index contributed by atoms with van der Waals surface area (Å²) in [5.74, 6) is 0.572. The summed E-state index contributed by atoms with van der Waals surface area (Å²) in [7, 11) is 0. The molecule has 3 fully saturated rings. The van der Waals surface area contributed by atoms with Crippen LogP contribution in [-0.2, 0) is 14.3 Å². The van der Waals surface area contributed by atoms with Crippen molar-refractivity contribution in [3.63, 3.8) is 0 Å². The fraction of sp³-hybridized carbons (Fsp3) is 0.667. The molecule has 1 aromatic carbocycles. The Hall–Kier alpha value is -2.10. The largest absolute Gasteiger partial charge is 0.370 e. The molecule has 1 heterocycles. The van der Waals surface area contributed by atoms with Gasteiger partial charge in [-0.05, 0) is 55.7 Å². The van der Waals surface area contributed by atoms with E-state index in [0.29, 0.717) is 18.4 Å². The maximum absolute atomic E-state index is 13.8. The van der Waals surface area contributed by atoms with Gasteiger partial charge in [0.2, 0.25) is 5.91 Å². The van der Waals surface area contributed by atoms with Gasteiger partial charge in [0.05, 0.1) is 12.3 Å². The Balaban J connectivity index is 1.48. The number of hydrogen-bond donors (Lipinski definition) is 2. The summed E-state index contributed by atoms with van der Waals surface area (Å²) in [4.78, 5) is 28.8. The van der Waals surface area contributed by atoms with Gasteiger partial charge in [0.25, 0.3) is 12.3 Å². The molecule has 1 aliphatic heterocycles. The van der Waals surface area contributed by atoms with Gasteiger partial charge in [0.1, 0.15) is 12.6 Å². The minimum Gasteiger partial charge on any atom is -0.370 e. The molecule has 2 amide bonds. The van der Waals surface area contributed by atoms with Crippen LogP contribution >= 0.6 is 0 Å². The third kappa shape index (κ3) is 5.70. The van der Waals surface area contributed by atoms with Crippen LogP contribution in [0.2, 0.25) is 0 Å². The Kier molecular flexibility index (Phi) is 7.93. The van der Waals surface area contributed by atoms with E-state index in [1.54, 1.807) is 6.07 Å². The molecule has 3 N–H and O–H groups in total. The fourth-order valence-corrected chi connectivity index (χ4v) is 4.82. The molecule has 1 aromatic rings. The number of ether oxygens (including phenoxy) is 1. The van der Waals surface area contributed by atoms with Gasteiger partial charge >= 0.3 is 0 Å². The molecule has 4 rings (SSSR count). The molecule has 0 bridgehead atoms. The van der Waals surface area contributed by atoms with E-state index in [9.17, 15) is 18.4 Å². The number of amides is 2. The van der Waals surface area contributed by atoms with Crippen molar-refractivity contribution >= 4 is 23.2 Å². The van der Waals surface area contributed by atoms with Crippen molar-refractivity contribution in [2.45, 2.75) is 51.0 Å². The maximum Gasteiger partial charge on any atom is 0.265 e. The Bertz CT molecular complexity index is 829. The number of morpholine rings is 1. The zero-order chi connectivity index (χ0) is 23.4. The third-order valence-corrected chi connectivity index (χ3v) is 7.21. The molecular weight excluding hydrogens is 430 g/mol. The van der Waals surface area contributed by atoms with E-state index >= 15 is 0 Å². The van der Waals surface area contributed by atoms with E-state index in [4.69, 9.17) is 10.5 Å². The summed E-state index contributed by atoms with van der Waals surface area (Å²) >= 11 is 0. The Morgan fingerprint density at radius 3 is 2.36 bits per heavy atom. The van der Waals surface area contributed by atoms with Crippen LogP contribution in [0.3, 0.4) is 0 Å². The maximum atomic E-state index is 13.8. The first-order valence-corrected chi connectivity index (χ1v) is 12.0. The number of hydrogen-bond acceptors (Lipinski definition) is 5. The average Bonchev–Trinajstić information content (AvgIpc) is 2.73. The quantitative estimate of drug-likeness (QED) is 0.555. The highest BCUT2D eigenvalue weighted by Crippen LogP contribution is 2.34. The summed E-state index contributed by atoms with van der Waals surface area (Å²) in [6, 6.07) is 3.80. The number of nitrogens with one attached hydrogen (secondary N) is 1. The number of nitrogens with zero attached hydrogens (tertiary/aromatic N) is 2. The zero-order valence-electron chi connectivity index (χ0n) is 19.0. The lowest BCUT2D eigenvalue weighted by Crippen LogP contribution is -2.52. The van der Waals surface area contributed by atoms with Crippen molar-refractivity contribution in [2.75, 3.05) is 49.6 Å². The summed E-state index contributed by atoms with van der Waals surface area (Å²) < 4.78 is 32.8. The van der Waals surface area contributed by atoms with E-state index in [-0.39, 0.29) is 48.4 Å². The molecule has 1 atom stereocenters. The van der Waals surface area contributed by atoms with Gasteiger partial charge in [-0.15, -0.1) is 0 Å². The lowest BCUT2D eigenvalue weighted by molar-refractivity contribution is -0.125. The van der Waals surface area contributed by atoms with Gasteiger partial charge in [-0.25, -0.2) is 8.78 Å². The molecule has 2 saturated carbocycles. The van der Waals surface area contributed by atoms with Crippen molar-refractivity contribution in [1.82, 2.24) is 4.90 Å². The number of nitrogens with two attached hydrogens (primary N) is 1. The fourth-order valence-electron chi connectivity index (χ4n) is 4.82. The van der Waals surface area contributed by atoms with Crippen molar-refractivity contribution in [3.05, 3.63) is 23.8 Å². The predicted molar refractivity (Wildman–Crippen MR) is 122 cm³/mol. The predicted octanol–water partition coefficient (Wildman–Crippen LogP) is 3.16. The minimum absolute atomic E-state index is 0.128. The van der Waals surface area contributed by atoms with E-state index in [2.05, 4.69) is 10.2 Å². The third-order valence-electron chi connectivity index (χ3n) is 7.21. The average molecular weight is 465 g/mol. The Labute approximate surface area is 193 Å². The molecule has 0 aromatic heterocycles. The number of anilines is 2. The second-order valence-corrected chi connectivity index (χ2v) is 9.46. The minimum atomic E-state index is -2.79. The zero-order valence-corrected chi connectivity index (χ0v) is 19.0. The SMILES string of the molecule is NC[C@@H](C(=O)Nc1ccc(N2CCOCC2=O)c(C(F)F)c1)N(CC1CCC1)CC1CCC1. The standard InChI is InChI=1S/C24H34F2N4O3/c25-23(26)19-11-18(7-8-20(19)30-9-10-33-15-22(30)31)28-24(32)21(12-27)29(13-16-3-1-4-16)14-17-5-2-6-17/h7-8,11,16-17,21,23H,1-6,9-10,12-15,27H2,(H,28,32)/t21-/m0/s1. The van der Waals surface area contributed by atoms with E-state index in [0.717, 1.165) is 13.1 Å². The van der Waals surface area contributed by atoms with Crippen molar-refractivity contribution in [2.24, 2.45) is 17.6 Å².